The van der Waals surface area contributed by atoms with Gasteiger partial charge in [0, 0.05) is 25.5 Å². The lowest BCUT2D eigenvalue weighted by Crippen LogP contribution is -2.30. The fraction of sp³-hybridized carbons (Fsp3) is 0.533. The Morgan fingerprint density at radius 1 is 1.00 bits per heavy atom. The summed E-state index contributed by atoms with van der Waals surface area (Å²) in [7, 11) is 0. The minimum Gasteiger partial charge on any atom is -0.369 e. The normalized spacial score (nSPS) is 17.0. The fourth-order valence-corrected chi connectivity index (χ4v) is 2.65. The Balaban J connectivity index is 1.54. The van der Waals surface area contributed by atoms with Crippen LogP contribution in [0.4, 0.5) is 5.82 Å². The summed E-state index contributed by atoms with van der Waals surface area (Å²) in [5.41, 5.74) is 1.54. The smallest absolute Gasteiger partial charge is 0.180 e. The molecular weight excluding hydrogens is 250 g/mol. The van der Waals surface area contributed by atoms with E-state index in [1.54, 1.807) is 12.4 Å². The topological polar surface area (TPSA) is 53.9 Å². The molecule has 0 aliphatic carbocycles. The van der Waals surface area contributed by atoms with Gasteiger partial charge in [-0.1, -0.05) is 12.8 Å². The van der Waals surface area contributed by atoms with Crippen molar-refractivity contribution >= 4 is 17.0 Å². The minimum atomic E-state index is 0.701. The number of fused-ring (bicyclic) bond motifs is 1. The predicted molar refractivity (Wildman–Crippen MR) is 80.7 cm³/mol. The first-order valence-electron chi connectivity index (χ1n) is 7.46. The third-order valence-electron chi connectivity index (χ3n) is 3.76. The Hall–Kier alpha value is -1.75. The van der Waals surface area contributed by atoms with Crippen molar-refractivity contribution < 1.29 is 0 Å². The molecule has 5 heteroatoms. The number of hydrogen-bond donors (Lipinski definition) is 1. The molecule has 2 aromatic rings. The van der Waals surface area contributed by atoms with Crippen molar-refractivity contribution in [1.82, 2.24) is 19.9 Å². The molecule has 5 nitrogen and oxygen atoms in total. The minimum absolute atomic E-state index is 0.701. The summed E-state index contributed by atoms with van der Waals surface area (Å²) in [6.45, 7) is 4.48. The van der Waals surface area contributed by atoms with Crippen molar-refractivity contribution in [2.45, 2.75) is 25.7 Å². The lowest BCUT2D eigenvalue weighted by Gasteiger charge is -2.19. The first-order chi connectivity index (χ1) is 9.92. The summed E-state index contributed by atoms with van der Waals surface area (Å²) in [6, 6.07) is 3.93. The van der Waals surface area contributed by atoms with Crippen LogP contribution < -0.4 is 5.32 Å². The van der Waals surface area contributed by atoms with Crippen LogP contribution in [0.1, 0.15) is 25.7 Å². The second kappa shape index (κ2) is 6.61. The van der Waals surface area contributed by atoms with Gasteiger partial charge in [0.25, 0.3) is 0 Å². The molecule has 1 N–H and O–H groups in total. The zero-order valence-corrected chi connectivity index (χ0v) is 11.8. The van der Waals surface area contributed by atoms with Crippen LogP contribution in [0.25, 0.3) is 11.2 Å². The average molecular weight is 271 g/mol. The second-order valence-corrected chi connectivity index (χ2v) is 5.28. The lowest BCUT2D eigenvalue weighted by molar-refractivity contribution is 0.296. The van der Waals surface area contributed by atoms with Crippen molar-refractivity contribution in [2.24, 2.45) is 0 Å². The van der Waals surface area contributed by atoms with Crippen LogP contribution >= 0.6 is 0 Å². The number of likely N-dealkylation sites (tertiary alicyclic amines) is 1. The van der Waals surface area contributed by atoms with Gasteiger partial charge >= 0.3 is 0 Å². The Morgan fingerprint density at radius 2 is 1.80 bits per heavy atom. The van der Waals surface area contributed by atoms with Gasteiger partial charge in [-0.05, 0) is 38.1 Å². The van der Waals surface area contributed by atoms with E-state index in [0.29, 0.717) is 5.65 Å². The van der Waals surface area contributed by atoms with Crippen molar-refractivity contribution in [3.8, 4) is 0 Å². The Bertz CT molecular complexity index is 549. The molecule has 0 radical (unpaired) electrons. The molecule has 20 heavy (non-hydrogen) atoms. The highest BCUT2D eigenvalue weighted by molar-refractivity contribution is 5.71. The van der Waals surface area contributed by atoms with Gasteiger partial charge in [-0.2, -0.15) is 0 Å². The zero-order chi connectivity index (χ0) is 13.6. The molecule has 0 bridgehead atoms. The third kappa shape index (κ3) is 3.42. The van der Waals surface area contributed by atoms with Gasteiger partial charge in [-0.15, -0.1) is 0 Å². The van der Waals surface area contributed by atoms with E-state index < -0.39 is 0 Å². The summed E-state index contributed by atoms with van der Waals surface area (Å²) < 4.78 is 0. The van der Waals surface area contributed by atoms with E-state index in [0.717, 1.165) is 24.4 Å². The molecule has 1 aliphatic heterocycles. The SMILES string of the molecule is c1cnc2nc(NCCN3CCCCCC3)ccc2n1. The fourth-order valence-electron chi connectivity index (χ4n) is 2.65. The highest BCUT2D eigenvalue weighted by Gasteiger charge is 2.08. The van der Waals surface area contributed by atoms with Gasteiger partial charge in [0.2, 0.25) is 0 Å². The number of nitrogens with one attached hydrogen (secondary N) is 1. The van der Waals surface area contributed by atoms with E-state index in [2.05, 4.69) is 25.2 Å². The summed E-state index contributed by atoms with van der Waals surface area (Å²) in [5.74, 6) is 0.882. The quantitative estimate of drug-likeness (QED) is 0.925. The molecule has 0 unspecified atom stereocenters. The number of nitrogens with zero attached hydrogens (tertiary/aromatic N) is 4. The average Bonchev–Trinajstić information content (AvgIpc) is 2.76. The Labute approximate surface area is 119 Å². The molecule has 2 aromatic heterocycles. The maximum atomic E-state index is 4.47. The number of aromatic nitrogens is 3. The summed E-state index contributed by atoms with van der Waals surface area (Å²) >= 11 is 0. The van der Waals surface area contributed by atoms with Gasteiger partial charge in [-0.25, -0.2) is 9.97 Å². The molecule has 0 amide bonds. The lowest BCUT2D eigenvalue weighted by atomic mass is 10.2. The number of hydrogen-bond acceptors (Lipinski definition) is 5. The van der Waals surface area contributed by atoms with Crippen LogP contribution in [-0.4, -0.2) is 46.0 Å². The summed E-state index contributed by atoms with van der Waals surface area (Å²) in [5, 5.41) is 3.38. The van der Waals surface area contributed by atoms with Crippen molar-refractivity contribution in [3.05, 3.63) is 24.5 Å². The van der Waals surface area contributed by atoms with E-state index in [1.165, 1.54) is 38.8 Å². The van der Waals surface area contributed by atoms with Crippen LogP contribution in [0.3, 0.4) is 0 Å². The van der Waals surface area contributed by atoms with Crippen LogP contribution in [-0.2, 0) is 0 Å². The maximum absolute atomic E-state index is 4.47. The van der Waals surface area contributed by atoms with Crippen LogP contribution in [0.15, 0.2) is 24.5 Å². The number of anilines is 1. The number of rotatable bonds is 4. The van der Waals surface area contributed by atoms with Gasteiger partial charge < -0.3 is 10.2 Å². The highest BCUT2D eigenvalue weighted by atomic mass is 15.1. The Kier molecular flexibility index (Phi) is 4.38. The van der Waals surface area contributed by atoms with Crippen LogP contribution in [0.5, 0.6) is 0 Å². The van der Waals surface area contributed by atoms with E-state index in [9.17, 15) is 0 Å². The molecule has 0 aromatic carbocycles. The molecule has 0 atom stereocenters. The van der Waals surface area contributed by atoms with E-state index >= 15 is 0 Å². The predicted octanol–water partition coefficient (Wildman–Crippen LogP) is 2.31. The standard InChI is InChI=1S/C15H21N5/c1-2-4-11-20(10-3-1)12-9-17-14-6-5-13-15(19-14)18-8-7-16-13/h5-8H,1-4,9-12H2,(H,17,18,19). The summed E-state index contributed by atoms with van der Waals surface area (Å²) in [6.07, 6.45) is 8.81. The van der Waals surface area contributed by atoms with Gasteiger partial charge in [-0.3, -0.25) is 4.98 Å². The second-order valence-electron chi connectivity index (χ2n) is 5.28. The highest BCUT2D eigenvalue weighted by Crippen LogP contribution is 2.11. The van der Waals surface area contributed by atoms with E-state index in [1.807, 2.05) is 12.1 Å². The monoisotopic (exact) mass is 271 g/mol. The molecule has 106 valence electrons. The summed E-state index contributed by atoms with van der Waals surface area (Å²) in [4.78, 5) is 15.5. The molecule has 1 fully saturated rings. The Morgan fingerprint density at radius 3 is 2.65 bits per heavy atom. The zero-order valence-electron chi connectivity index (χ0n) is 11.8. The molecule has 3 rings (SSSR count). The van der Waals surface area contributed by atoms with E-state index in [4.69, 9.17) is 0 Å². The number of pyridine rings is 1. The molecule has 1 aliphatic rings. The molecule has 3 heterocycles. The third-order valence-corrected chi connectivity index (χ3v) is 3.76. The van der Waals surface area contributed by atoms with Crippen molar-refractivity contribution in [3.63, 3.8) is 0 Å². The molecular formula is C15H21N5. The van der Waals surface area contributed by atoms with Crippen LogP contribution in [0.2, 0.25) is 0 Å². The maximum Gasteiger partial charge on any atom is 0.180 e. The van der Waals surface area contributed by atoms with Gasteiger partial charge in [0.15, 0.2) is 5.65 Å². The van der Waals surface area contributed by atoms with Crippen molar-refractivity contribution in [1.29, 1.82) is 0 Å². The van der Waals surface area contributed by atoms with Crippen LogP contribution in [0, 0.1) is 0 Å². The first kappa shape index (κ1) is 13.2. The van der Waals surface area contributed by atoms with Gasteiger partial charge in [0.1, 0.15) is 11.3 Å². The largest absolute Gasteiger partial charge is 0.369 e. The molecule has 0 spiro atoms. The van der Waals surface area contributed by atoms with Crippen molar-refractivity contribution in [2.75, 3.05) is 31.5 Å². The van der Waals surface area contributed by atoms with Gasteiger partial charge in [0.05, 0.1) is 0 Å². The first-order valence-corrected chi connectivity index (χ1v) is 7.46. The molecule has 0 saturated carbocycles. The van der Waals surface area contributed by atoms with E-state index in [-0.39, 0.29) is 0 Å². The molecule has 1 saturated heterocycles.